The first-order valence-electron chi connectivity index (χ1n) is 12.7. The van der Waals surface area contributed by atoms with Crippen molar-refractivity contribution in [3.63, 3.8) is 0 Å². The first-order valence-corrected chi connectivity index (χ1v) is 12.7. The Bertz CT molecular complexity index is 1360. The summed E-state index contributed by atoms with van der Waals surface area (Å²) in [6, 6.07) is 18.6. The molecule has 3 aromatic rings. The molecule has 3 aromatic carbocycles. The number of likely N-dealkylation sites (tertiary alicyclic amines) is 1. The summed E-state index contributed by atoms with van der Waals surface area (Å²) in [6.07, 6.45) is 0.538. The molecule has 1 unspecified atom stereocenters. The summed E-state index contributed by atoms with van der Waals surface area (Å²) in [5.74, 6) is -2.68. The van der Waals surface area contributed by atoms with Crippen molar-refractivity contribution in [2.75, 3.05) is 31.0 Å². The Morgan fingerprint density at radius 1 is 0.949 bits per heavy atom. The lowest BCUT2D eigenvalue weighted by Gasteiger charge is -2.29. The fourth-order valence-corrected chi connectivity index (χ4v) is 4.57. The molecular weight excluding hydrogens is 501 g/mol. The Morgan fingerprint density at radius 2 is 1.64 bits per heavy atom. The number of hydrogen-bond acceptors (Lipinski definition) is 6. The molecule has 9 heteroatoms. The maximum absolute atomic E-state index is 15.9. The van der Waals surface area contributed by atoms with E-state index in [0.717, 1.165) is 11.1 Å². The number of alkyl halides is 1. The van der Waals surface area contributed by atoms with E-state index >= 15 is 4.39 Å². The molecule has 39 heavy (non-hydrogen) atoms. The summed E-state index contributed by atoms with van der Waals surface area (Å²) in [6.45, 7) is 4.02. The molecular formula is C30H32FN3O5. The number of hydrogen-bond donors (Lipinski definition) is 2. The quantitative estimate of drug-likeness (QED) is 0.273. The number of halogens is 1. The molecule has 1 atom stereocenters. The number of carbonyl (C=O) groups is 3. The molecule has 4 rings (SSSR count). The van der Waals surface area contributed by atoms with Crippen molar-refractivity contribution in [3.8, 4) is 5.75 Å². The third-order valence-electron chi connectivity index (χ3n) is 6.82. The number of Topliss-reactive ketones (excluding diaryl/α,β-unsaturated/α-hetero) is 1. The van der Waals surface area contributed by atoms with Crippen LogP contribution in [0.25, 0.3) is 0 Å². The van der Waals surface area contributed by atoms with Gasteiger partial charge in [0.1, 0.15) is 12.5 Å². The predicted octanol–water partition coefficient (Wildman–Crippen LogP) is 5.64. The van der Waals surface area contributed by atoms with Gasteiger partial charge < -0.3 is 20.1 Å². The molecule has 8 nitrogen and oxygen atoms in total. The van der Waals surface area contributed by atoms with Crippen molar-refractivity contribution in [1.29, 1.82) is 0 Å². The molecule has 0 radical (unpaired) electrons. The highest BCUT2D eigenvalue weighted by Crippen LogP contribution is 2.33. The van der Waals surface area contributed by atoms with Crippen molar-refractivity contribution >= 4 is 29.2 Å². The van der Waals surface area contributed by atoms with Crippen LogP contribution in [0.1, 0.15) is 39.9 Å². The number of amides is 2. The van der Waals surface area contributed by atoms with Crippen molar-refractivity contribution in [3.05, 3.63) is 89.0 Å². The van der Waals surface area contributed by atoms with E-state index in [1.807, 2.05) is 38.1 Å². The monoisotopic (exact) mass is 533 g/mol. The number of nitrogens with one attached hydrogen (secondary N) is 2. The van der Waals surface area contributed by atoms with Crippen molar-refractivity contribution in [2.24, 2.45) is 0 Å². The maximum atomic E-state index is 15.9. The van der Waals surface area contributed by atoms with Crippen LogP contribution in [0, 0.1) is 13.8 Å². The van der Waals surface area contributed by atoms with Gasteiger partial charge in [0.25, 0.3) is 0 Å². The van der Waals surface area contributed by atoms with Crippen LogP contribution in [0.15, 0.2) is 66.7 Å². The molecule has 1 fully saturated rings. The Labute approximate surface area is 227 Å². The van der Waals surface area contributed by atoms with E-state index in [0.29, 0.717) is 41.2 Å². The number of ketones is 1. The summed E-state index contributed by atoms with van der Waals surface area (Å²) in [4.78, 5) is 38.6. The molecule has 2 N–H and O–H groups in total. The molecule has 0 aromatic heterocycles. The largest absolute Gasteiger partial charge is 0.478 e. The molecule has 0 aliphatic carbocycles. The topological polar surface area (TPSA) is 97.0 Å². The van der Waals surface area contributed by atoms with Crippen LogP contribution in [0.4, 0.5) is 20.6 Å². The average molecular weight is 534 g/mol. The molecule has 0 saturated carbocycles. The Kier molecular flexibility index (Phi) is 8.61. The van der Waals surface area contributed by atoms with Crippen LogP contribution >= 0.6 is 0 Å². The van der Waals surface area contributed by atoms with Gasteiger partial charge in [0.15, 0.2) is 5.78 Å². The number of benzene rings is 3. The van der Waals surface area contributed by atoms with Crippen LogP contribution in [-0.2, 0) is 16.0 Å². The molecule has 2 amide bonds. The molecule has 1 aliphatic heterocycles. The van der Waals surface area contributed by atoms with Crippen molar-refractivity contribution in [2.45, 2.75) is 38.9 Å². The van der Waals surface area contributed by atoms with Crippen LogP contribution in [-0.4, -0.2) is 48.9 Å². The molecule has 0 spiro atoms. The highest BCUT2D eigenvalue weighted by molar-refractivity contribution is 6.00. The first-order chi connectivity index (χ1) is 18.7. The zero-order chi connectivity index (χ0) is 28.0. The van der Waals surface area contributed by atoms with E-state index < -0.39 is 17.5 Å². The zero-order valence-corrected chi connectivity index (χ0v) is 22.3. The van der Waals surface area contributed by atoms with E-state index in [9.17, 15) is 14.4 Å². The highest BCUT2D eigenvalue weighted by atomic mass is 19.1. The van der Waals surface area contributed by atoms with Gasteiger partial charge >= 0.3 is 12.0 Å². The molecule has 204 valence electrons. The molecule has 1 aliphatic rings. The number of para-hydroxylation sites is 1. The third-order valence-corrected chi connectivity index (χ3v) is 6.82. The lowest BCUT2D eigenvalue weighted by atomic mass is 9.98. The second-order valence-corrected chi connectivity index (χ2v) is 9.56. The number of rotatable bonds is 9. The standard InChI is InChI=1S/C30H32FN3O5/c1-20-7-4-5-8-25(20)32-29(37)33-26-14-9-22(17-21(26)2)18-27(35)30(31)15-6-16-34(30)19-39-24-12-10-23(11-13-24)28(36)38-3/h4-5,7-14,17H,6,15-16,18-19H2,1-3H3,(H2,32,33,37). The van der Waals surface area contributed by atoms with E-state index in [1.165, 1.54) is 12.0 Å². The summed E-state index contributed by atoms with van der Waals surface area (Å²) in [5.41, 5.74) is 4.05. The van der Waals surface area contributed by atoms with Gasteiger partial charge in [0.2, 0.25) is 5.79 Å². The van der Waals surface area contributed by atoms with Gasteiger partial charge in [-0.05, 0) is 73.4 Å². The summed E-state index contributed by atoms with van der Waals surface area (Å²) in [5, 5.41) is 5.64. The van der Waals surface area contributed by atoms with Gasteiger partial charge in [-0.15, -0.1) is 0 Å². The Morgan fingerprint density at radius 3 is 2.31 bits per heavy atom. The normalized spacial score (nSPS) is 16.9. The number of aryl methyl sites for hydroxylation is 2. The predicted molar refractivity (Wildman–Crippen MR) is 147 cm³/mol. The number of urea groups is 1. The fraction of sp³-hybridized carbons (Fsp3) is 0.300. The maximum Gasteiger partial charge on any atom is 0.337 e. The Balaban J connectivity index is 1.35. The smallest absolute Gasteiger partial charge is 0.337 e. The van der Waals surface area contributed by atoms with Gasteiger partial charge in [-0.1, -0.05) is 30.3 Å². The van der Waals surface area contributed by atoms with Crippen LogP contribution in [0.2, 0.25) is 0 Å². The van der Waals surface area contributed by atoms with Crippen molar-refractivity contribution < 1.29 is 28.2 Å². The lowest BCUT2D eigenvalue weighted by molar-refractivity contribution is -0.144. The number of methoxy groups -OCH3 is 1. The SMILES string of the molecule is COC(=O)c1ccc(OCN2CCCC2(F)C(=O)Cc2ccc(NC(=O)Nc3ccccc3C)c(C)c2)cc1. The second kappa shape index (κ2) is 12.1. The van der Waals surface area contributed by atoms with Crippen molar-refractivity contribution in [1.82, 2.24) is 4.90 Å². The van der Waals surface area contributed by atoms with Crippen LogP contribution < -0.4 is 15.4 Å². The van der Waals surface area contributed by atoms with Crippen LogP contribution in [0.5, 0.6) is 5.75 Å². The van der Waals surface area contributed by atoms with Gasteiger partial charge in [0, 0.05) is 30.8 Å². The van der Waals surface area contributed by atoms with Crippen LogP contribution in [0.3, 0.4) is 0 Å². The minimum absolute atomic E-state index is 0.0860. The highest BCUT2D eigenvalue weighted by Gasteiger charge is 2.47. The van der Waals surface area contributed by atoms with E-state index in [1.54, 1.807) is 42.5 Å². The van der Waals surface area contributed by atoms with E-state index in [4.69, 9.17) is 4.74 Å². The molecule has 1 heterocycles. The van der Waals surface area contributed by atoms with Gasteiger partial charge in [-0.2, -0.15) is 0 Å². The fourth-order valence-electron chi connectivity index (χ4n) is 4.57. The van der Waals surface area contributed by atoms with E-state index in [2.05, 4.69) is 15.4 Å². The van der Waals surface area contributed by atoms with Gasteiger partial charge in [-0.25, -0.2) is 18.9 Å². The Hall–Kier alpha value is -4.24. The first kappa shape index (κ1) is 27.8. The van der Waals surface area contributed by atoms with E-state index in [-0.39, 0.29) is 25.6 Å². The summed E-state index contributed by atoms with van der Waals surface area (Å²) in [7, 11) is 1.30. The molecule has 0 bridgehead atoms. The number of esters is 1. The summed E-state index contributed by atoms with van der Waals surface area (Å²) >= 11 is 0. The lowest BCUT2D eigenvalue weighted by Crippen LogP contribution is -2.49. The number of ether oxygens (including phenoxy) is 2. The average Bonchev–Trinajstić information content (AvgIpc) is 3.31. The number of nitrogens with zero attached hydrogens (tertiary/aromatic N) is 1. The van der Waals surface area contributed by atoms with Gasteiger partial charge in [0.05, 0.1) is 12.7 Å². The molecule has 1 saturated heterocycles. The summed E-state index contributed by atoms with van der Waals surface area (Å²) < 4.78 is 26.3. The number of anilines is 2. The zero-order valence-electron chi connectivity index (χ0n) is 22.3. The third kappa shape index (κ3) is 6.61. The minimum Gasteiger partial charge on any atom is -0.478 e. The minimum atomic E-state index is -2.13. The second-order valence-electron chi connectivity index (χ2n) is 9.56. The van der Waals surface area contributed by atoms with Gasteiger partial charge in [-0.3, -0.25) is 4.79 Å². The number of carbonyl (C=O) groups excluding carboxylic acids is 3.